The summed E-state index contributed by atoms with van der Waals surface area (Å²) >= 11 is 9.68. The van der Waals surface area contributed by atoms with Gasteiger partial charge in [-0.25, -0.2) is 0 Å². The molecule has 0 spiro atoms. The monoisotopic (exact) mass is 487 g/mol. The number of furan rings is 1. The lowest BCUT2D eigenvalue weighted by molar-refractivity contribution is 0.0698. The Morgan fingerprint density at radius 1 is 1.17 bits per heavy atom. The highest BCUT2D eigenvalue weighted by Crippen LogP contribution is 2.30. The van der Waals surface area contributed by atoms with Gasteiger partial charge in [0, 0.05) is 22.0 Å². The minimum Gasteiger partial charge on any atom is -0.451 e. The average Bonchev–Trinajstić information content (AvgIpc) is 3.32. The molecule has 2 aromatic heterocycles. The predicted octanol–water partition coefficient (Wildman–Crippen LogP) is 6.26. The molecule has 30 heavy (non-hydrogen) atoms. The van der Waals surface area contributed by atoms with Crippen molar-refractivity contribution in [3.05, 3.63) is 69.2 Å². The topological polar surface area (TPSA) is 72.4 Å². The average molecular weight is 489 g/mol. The van der Waals surface area contributed by atoms with Crippen LogP contribution in [0.15, 0.2) is 55.8 Å². The third-order valence-corrected chi connectivity index (χ3v) is 5.59. The van der Waals surface area contributed by atoms with Crippen molar-refractivity contribution in [1.29, 1.82) is 0 Å². The van der Waals surface area contributed by atoms with Crippen molar-refractivity contribution < 1.29 is 13.6 Å². The highest BCUT2D eigenvalue weighted by molar-refractivity contribution is 9.10. The lowest BCUT2D eigenvalue weighted by Crippen LogP contribution is -2.31. The maximum atomic E-state index is 13.3. The van der Waals surface area contributed by atoms with E-state index in [-0.39, 0.29) is 12.5 Å². The third kappa shape index (κ3) is 4.00. The number of carbonyl (C=O) groups is 1. The van der Waals surface area contributed by atoms with E-state index >= 15 is 0 Å². The summed E-state index contributed by atoms with van der Waals surface area (Å²) in [6, 6.07) is 12.9. The molecule has 0 aliphatic rings. The summed E-state index contributed by atoms with van der Waals surface area (Å²) in [6.45, 7) is 4.61. The van der Waals surface area contributed by atoms with E-state index in [1.807, 2.05) is 50.2 Å². The normalized spacial score (nSPS) is 11.2. The van der Waals surface area contributed by atoms with Gasteiger partial charge in [0.05, 0.1) is 17.1 Å². The molecular weight excluding hydrogens is 470 g/mol. The van der Waals surface area contributed by atoms with Crippen LogP contribution in [0.1, 0.15) is 35.4 Å². The summed E-state index contributed by atoms with van der Waals surface area (Å²) < 4.78 is 12.6. The molecule has 0 bridgehead atoms. The number of hydrogen-bond donors (Lipinski definition) is 0. The molecule has 0 N–H and O–H groups in total. The van der Waals surface area contributed by atoms with Crippen LogP contribution in [0, 0.1) is 6.92 Å². The summed E-state index contributed by atoms with van der Waals surface area (Å²) in [7, 11) is 0. The Hall–Kier alpha value is -2.64. The standard InChI is InChI=1S/C22H19BrClN3O3/c1-3-10-27(12-19-25-26-21(30-19)15-6-4-5-7-17(15)24)22(28)20-13(2)16-11-14(23)8-9-18(16)29-20/h4-9,11H,3,10,12H2,1-2H3. The Kier molecular flexibility index (Phi) is 5.92. The number of nitrogens with zero attached hydrogens (tertiary/aromatic N) is 3. The summed E-state index contributed by atoms with van der Waals surface area (Å²) in [5.74, 6) is 0.772. The molecule has 0 unspecified atom stereocenters. The van der Waals surface area contributed by atoms with E-state index < -0.39 is 0 Å². The van der Waals surface area contributed by atoms with Crippen molar-refractivity contribution in [1.82, 2.24) is 15.1 Å². The van der Waals surface area contributed by atoms with Crippen molar-refractivity contribution >= 4 is 44.4 Å². The number of aryl methyl sites for hydroxylation is 1. The fraction of sp³-hybridized carbons (Fsp3) is 0.227. The molecule has 0 saturated heterocycles. The lowest BCUT2D eigenvalue weighted by atomic mass is 10.1. The number of amides is 1. The van der Waals surface area contributed by atoms with E-state index in [2.05, 4.69) is 26.1 Å². The molecule has 0 radical (unpaired) electrons. The molecule has 154 valence electrons. The fourth-order valence-electron chi connectivity index (χ4n) is 3.29. The minimum atomic E-state index is -0.209. The Morgan fingerprint density at radius 3 is 2.73 bits per heavy atom. The summed E-state index contributed by atoms with van der Waals surface area (Å²) in [4.78, 5) is 14.9. The van der Waals surface area contributed by atoms with Crippen LogP contribution in [-0.4, -0.2) is 27.5 Å². The lowest BCUT2D eigenvalue weighted by Gasteiger charge is -2.19. The van der Waals surface area contributed by atoms with Gasteiger partial charge in [-0.2, -0.15) is 0 Å². The Labute approximate surface area is 187 Å². The van der Waals surface area contributed by atoms with Crippen LogP contribution in [-0.2, 0) is 6.54 Å². The van der Waals surface area contributed by atoms with Gasteiger partial charge in [0.2, 0.25) is 11.8 Å². The van der Waals surface area contributed by atoms with E-state index in [1.54, 1.807) is 11.0 Å². The molecule has 0 fully saturated rings. The molecule has 4 aromatic rings. The molecule has 0 saturated carbocycles. The Morgan fingerprint density at radius 2 is 1.97 bits per heavy atom. The van der Waals surface area contributed by atoms with Crippen LogP contribution in [0.25, 0.3) is 22.4 Å². The summed E-state index contributed by atoms with van der Waals surface area (Å²) in [5, 5.41) is 9.62. The fourth-order valence-corrected chi connectivity index (χ4v) is 3.86. The number of rotatable bonds is 6. The SMILES string of the molecule is CCCN(Cc1nnc(-c2ccccc2Cl)o1)C(=O)c1oc2ccc(Br)cc2c1C. The zero-order chi connectivity index (χ0) is 21.3. The van der Waals surface area contributed by atoms with Crippen LogP contribution in [0.4, 0.5) is 0 Å². The molecule has 2 aromatic carbocycles. The molecule has 0 atom stereocenters. The molecule has 4 rings (SSSR count). The zero-order valence-electron chi connectivity index (χ0n) is 16.5. The molecule has 2 heterocycles. The second-order valence-electron chi connectivity index (χ2n) is 6.90. The zero-order valence-corrected chi connectivity index (χ0v) is 18.8. The third-order valence-electron chi connectivity index (χ3n) is 4.77. The molecule has 0 aliphatic carbocycles. The van der Waals surface area contributed by atoms with Gasteiger partial charge in [0.15, 0.2) is 5.76 Å². The number of hydrogen-bond acceptors (Lipinski definition) is 5. The van der Waals surface area contributed by atoms with Crippen LogP contribution < -0.4 is 0 Å². The van der Waals surface area contributed by atoms with Gasteiger partial charge in [-0.05, 0) is 43.7 Å². The van der Waals surface area contributed by atoms with Gasteiger partial charge in [-0.1, -0.05) is 46.6 Å². The smallest absolute Gasteiger partial charge is 0.290 e. The van der Waals surface area contributed by atoms with Gasteiger partial charge < -0.3 is 13.7 Å². The van der Waals surface area contributed by atoms with Crippen molar-refractivity contribution in [2.24, 2.45) is 0 Å². The first kappa shape index (κ1) is 20.6. The first-order chi connectivity index (χ1) is 14.5. The largest absolute Gasteiger partial charge is 0.451 e. The van der Waals surface area contributed by atoms with Gasteiger partial charge in [0.1, 0.15) is 5.58 Å². The van der Waals surface area contributed by atoms with E-state index in [1.165, 1.54) is 0 Å². The van der Waals surface area contributed by atoms with Gasteiger partial charge in [0.25, 0.3) is 5.91 Å². The first-order valence-corrected chi connectivity index (χ1v) is 10.7. The van der Waals surface area contributed by atoms with Crippen LogP contribution >= 0.6 is 27.5 Å². The van der Waals surface area contributed by atoms with Crippen LogP contribution in [0.5, 0.6) is 0 Å². The Bertz CT molecular complexity index is 1220. The van der Waals surface area contributed by atoms with E-state index in [9.17, 15) is 4.79 Å². The number of benzene rings is 2. The number of halogens is 2. The van der Waals surface area contributed by atoms with E-state index in [4.69, 9.17) is 20.4 Å². The molecule has 6 nitrogen and oxygen atoms in total. The Balaban J connectivity index is 1.61. The quantitative estimate of drug-likeness (QED) is 0.320. The van der Waals surface area contributed by atoms with E-state index in [0.29, 0.717) is 40.3 Å². The predicted molar refractivity (Wildman–Crippen MR) is 118 cm³/mol. The second-order valence-corrected chi connectivity index (χ2v) is 8.23. The van der Waals surface area contributed by atoms with Crippen LogP contribution in [0.3, 0.4) is 0 Å². The number of fused-ring (bicyclic) bond motifs is 1. The second kappa shape index (κ2) is 8.62. The minimum absolute atomic E-state index is 0.185. The molecular formula is C22H19BrClN3O3. The maximum absolute atomic E-state index is 13.3. The molecule has 1 amide bonds. The van der Waals surface area contributed by atoms with Crippen molar-refractivity contribution in [2.45, 2.75) is 26.8 Å². The van der Waals surface area contributed by atoms with Crippen molar-refractivity contribution in [2.75, 3.05) is 6.54 Å². The molecule has 0 aliphatic heterocycles. The van der Waals surface area contributed by atoms with Crippen molar-refractivity contribution in [3.63, 3.8) is 0 Å². The van der Waals surface area contributed by atoms with Gasteiger partial charge in [-0.15, -0.1) is 10.2 Å². The number of aromatic nitrogens is 2. The maximum Gasteiger partial charge on any atom is 0.290 e. The highest BCUT2D eigenvalue weighted by Gasteiger charge is 2.25. The highest BCUT2D eigenvalue weighted by atomic mass is 79.9. The van der Waals surface area contributed by atoms with E-state index in [0.717, 1.165) is 21.8 Å². The van der Waals surface area contributed by atoms with Crippen LogP contribution in [0.2, 0.25) is 5.02 Å². The first-order valence-electron chi connectivity index (χ1n) is 9.53. The summed E-state index contributed by atoms with van der Waals surface area (Å²) in [5.41, 5.74) is 2.14. The van der Waals surface area contributed by atoms with Gasteiger partial charge >= 0.3 is 0 Å². The van der Waals surface area contributed by atoms with Crippen molar-refractivity contribution in [3.8, 4) is 11.5 Å². The number of carbonyl (C=O) groups excluding carboxylic acids is 1. The van der Waals surface area contributed by atoms with Gasteiger partial charge in [-0.3, -0.25) is 4.79 Å². The molecule has 8 heteroatoms. The summed E-state index contributed by atoms with van der Waals surface area (Å²) in [6.07, 6.45) is 0.780.